The maximum Gasteiger partial charge on any atom is 0.306 e. The maximum absolute atomic E-state index is 11.1. The molecule has 0 saturated heterocycles. The van der Waals surface area contributed by atoms with Crippen molar-refractivity contribution >= 4 is 5.97 Å². The summed E-state index contributed by atoms with van der Waals surface area (Å²) in [6.45, 7) is 6.24. The third kappa shape index (κ3) is 14.3. The molecule has 0 aliphatic heterocycles. The van der Waals surface area contributed by atoms with Crippen LogP contribution in [0.1, 0.15) is 91.4 Å². The number of unbranched alkanes of at least 4 members (excludes halogenated alkanes) is 7. The molecule has 0 rings (SSSR count). The van der Waals surface area contributed by atoms with Crippen molar-refractivity contribution in [3.8, 4) is 0 Å². The molecule has 1 unspecified atom stereocenters. The van der Waals surface area contributed by atoms with Gasteiger partial charge in [0.1, 0.15) is 0 Å². The monoisotopic (exact) mass is 322 g/mol. The molecule has 0 spiro atoms. The molecule has 0 heterocycles. The summed E-state index contributed by atoms with van der Waals surface area (Å²) in [5.74, 6) is -0.560. The van der Waals surface area contributed by atoms with Crippen molar-refractivity contribution in [3.05, 3.63) is 24.3 Å². The fraction of sp³-hybridized carbons (Fsp3) is 0.762. The summed E-state index contributed by atoms with van der Waals surface area (Å²) in [4.78, 5) is 11.1. The summed E-state index contributed by atoms with van der Waals surface area (Å²) in [5.41, 5.74) is 0. The lowest BCUT2D eigenvalue weighted by atomic mass is 9.90. The van der Waals surface area contributed by atoms with E-state index in [2.05, 4.69) is 31.2 Å². The van der Waals surface area contributed by atoms with Crippen LogP contribution in [-0.2, 0) is 4.79 Å². The van der Waals surface area contributed by atoms with E-state index in [0.717, 1.165) is 32.1 Å². The third-order valence-corrected chi connectivity index (χ3v) is 4.34. The number of hydrogen-bond acceptors (Lipinski definition) is 1. The van der Waals surface area contributed by atoms with Gasteiger partial charge < -0.3 is 5.11 Å². The predicted octanol–water partition coefficient (Wildman–Crippen LogP) is 6.77. The van der Waals surface area contributed by atoms with E-state index < -0.39 is 5.97 Å². The lowest BCUT2D eigenvalue weighted by Crippen LogP contribution is -2.19. The van der Waals surface area contributed by atoms with E-state index in [1.807, 2.05) is 13.8 Å². The summed E-state index contributed by atoms with van der Waals surface area (Å²) in [5, 5.41) is 9.13. The second-order valence-electron chi connectivity index (χ2n) is 6.85. The van der Waals surface area contributed by atoms with Crippen LogP contribution in [0.25, 0.3) is 0 Å². The molecule has 1 N–H and O–H groups in total. The Morgan fingerprint density at radius 2 is 1.43 bits per heavy atom. The normalized spacial score (nSPS) is 13.4. The number of allylic oxidation sites excluding steroid dienone is 4. The zero-order valence-electron chi connectivity index (χ0n) is 15.6. The van der Waals surface area contributed by atoms with Crippen LogP contribution in [0.5, 0.6) is 0 Å². The van der Waals surface area contributed by atoms with Gasteiger partial charge in [-0.25, -0.2) is 0 Å². The van der Waals surface area contributed by atoms with Crippen LogP contribution >= 0.6 is 0 Å². The van der Waals surface area contributed by atoms with Gasteiger partial charge in [0.05, 0.1) is 5.92 Å². The molecule has 0 aromatic heterocycles. The average molecular weight is 323 g/mol. The van der Waals surface area contributed by atoms with Crippen molar-refractivity contribution in [2.45, 2.75) is 91.4 Å². The fourth-order valence-electron chi connectivity index (χ4n) is 2.74. The Bertz CT molecular complexity index is 329. The minimum atomic E-state index is -0.634. The van der Waals surface area contributed by atoms with Crippen molar-refractivity contribution in [1.29, 1.82) is 0 Å². The highest BCUT2D eigenvalue weighted by molar-refractivity contribution is 5.70. The van der Waals surface area contributed by atoms with Crippen LogP contribution in [0.2, 0.25) is 0 Å². The molecule has 0 aromatic carbocycles. The molecular formula is C21H38O2. The van der Waals surface area contributed by atoms with Crippen molar-refractivity contribution < 1.29 is 9.90 Å². The van der Waals surface area contributed by atoms with Crippen LogP contribution in [0.3, 0.4) is 0 Å². The van der Waals surface area contributed by atoms with Crippen molar-refractivity contribution in [2.75, 3.05) is 0 Å². The van der Waals surface area contributed by atoms with Gasteiger partial charge in [0.2, 0.25) is 0 Å². The van der Waals surface area contributed by atoms with E-state index >= 15 is 0 Å². The van der Waals surface area contributed by atoms with Gasteiger partial charge in [-0.15, -0.1) is 0 Å². The summed E-state index contributed by atoms with van der Waals surface area (Å²) in [6.07, 6.45) is 21.9. The van der Waals surface area contributed by atoms with E-state index in [1.54, 1.807) is 0 Å². The highest BCUT2D eigenvalue weighted by Gasteiger charge is 2.20. The summed E-state index contributed by atoms with van der Waals surface area (Å²) >= 11 is 0. The van der Waals surface area contributed by atoms with Crippen LogP contribution in [0.15, 0.2) is 24.3 Å². The molecule has 0 fully saturated rings. The van der Waals surface area contributed by atoms with E-state index in [1.165, 1.54) is 38.5 Å². The van der Waals surface area contributed by atoms with E-state index in [-0.39, 0.29) is 11.8 Å². The first-order valence-corrected chi connectivity index (χ1v) is 9.62. The zero-order chi connectivity index (χ0) is 17.3. The topological polar surface area (TPSA) is 37.3 Å². The third-order valence-electron chi connectivity index (χ3n) is 4.34. The molecule has 0 bridgehead atoms. The Kier molecular flexibility index (Phi) is 15.1. The van der Waals surface area contributed by atoms with Crippen molar-refractivity contribution in [2.24, 2.45) is 11.8 Å². The highest BCUT2D eigenvalue weighted by Crippen LogP contribution is 2.19. The minimum Gasteiger partial charge on any atom is -0.481 e. The molecule has 2 nitrogen and oxygen atoms in total. The van der Waals surface area contributed by atoms with Crippen LogP contribution in [-0.4, -0.2) is 11.1 Å². The van der Waals surface area contributed by atoms with Gasteiger partial charge >= 0.3 is 5.97 Å². The Balaban J connectivity index is 3.45. The smallest absolute Gasteiger partial charge is 0.306 e. The number of hydrogen-bond donors (Lipinski definition) is 1. The highest BCUT2D eigenvalue weighted by atomic mass is 16.4. The number of carboxylic acid groups (broad SMARTS) is 1. The largest absolute Gasteiger partial charge is 0.481 e. The van der Waals surface area contributed by atoms with Crippen molar-refractivity contribution in [1.82, 2.24) is 0 Å². The van der Waals surface area contributed by atoms with Gasteiger partial charge in [-0.1, -0.05) is 77.2 Å². The number of carboxylic acids is 1. The van der Waals surface area contributed by atoms with Gasteiger partial charge in [-0.2, -0.15) is 0 Å². The molecule has 0 aromatic rings. The summed E-state index contributed by atoms with van der Waals surface area (Å²) < 4.78 is 0. The predicted molar refractivity (Wildman–Crippen MR) is 101 cm³/mol. The second kappa shape index (κ2) is 15.8. The standard InChI is InChI=1S/C21H38O2/c1-4-5-6-7-8-9-10-11-12-13-14-15-16-17-18-20(19(2)3)21(22)23/h8-9,11-12,19-20H,4-7,10,13-18H2,1-3H3,(H,22,23). The lowest BCUT2D eigenvalue weighted by Gasteiger charge is -2.15. The fourth-order valence-corrected chi connectivity index (χ4v) is 2.74. The van der Waals surface area contributed by atoms with Crippen LogP contribution in [0.4, 0.5) is 0 Å². The molecule has 0 aliphatic carbocycles. The van der Waals surface area contributed by atoms with Gasteiger partial charge in [0.25, 0.3) is 0 Å². The van der Waals surface area contributed by atoms with E-state index in [4.69, 9.17) is 5.11 Å². The molecule has 0 amide bonds. The maximum atomic E-state index is 11.1. The van der Waals surface area contributed by atoms with Crippen LogP contribution < -0.4 is 0 Å². The Hall–Kier alpha value is -1.05. The van der Waals surface area contributed by atoms with Gasteiger partial charge in [0, 0.05) is 0 Å². The first-order chi connectivity index (χ1) is 11.1. The molecule has 0 aliphatic rings. The Morgan fingerprint density at radius 3 is 1.96 bits per heavy atom. The molecule has 0 saturated carbocycles. The van der Waals surface area contributed by atoms with Gasteiger partial charge in [-0.05, 0) is 44.4 Å². The Morgan fingerprint density at radius 1 is 0.870 bits per heavy atom. The summed E-state index contributed by atoms with van der Waals surface area (Å²) in [6, 6.07) is 0. The number of aliphatic carboxylic acids is 1. The second-order valence-corrected chi connectivity index (χ2v) is 6.85. The van der Waals surface area contributed by atoms with Gasteiger partial charge in [0.15, 0.2) is 0 Å². The number of rotatable bonds is 15. The SMILES string of the molecule is CCCCCC=CCC=CCCCCCCC(C(=O)O)C(C)C. The Labute approximate surface area is 144 Å². The minimum absolute atomic E-state index is 0.168. The zero-order valence-corrected chi connectivity index (χ0v) is 15.6. The molecule has 134 valence electrons. The van der Waals surface area contributed by atoms with Crippen molar-refractivity contribution in [3.63, 3.8) is 0 Å². The lowest BCUT2D eigenvalue weighted by molar-refractivity contribution is -0.143. The van der Waals surface area contributed by atoms with Crippen LogP contribution in [0, 0.1) is 11.8 Å². The quantitative estimate of drug-likeness (QED) is 0.267. The van der Waals surface area contributed by atoms with Gasteiger partial charge in [-0.3, -0.25) is 4.79 Å². The molecule has 2 heteroatoms. The molecule has 1 atom stereocenters. The molecular weight excluding hydrogens is 284 g/mol. The molecule has 23 heavy (non-hydrogen) atoms. The first-order valence-electron chi connectivity index (χ1n) is 9.62. The van der Waals surface area contributed by atoms with E-state index in [0.29, 0.717) is 0 Å². The molecule has 0 radical (unpaired) electrons. The number of carbonyl (C=O) groups is 1. The van der Waals surface area contributed by atoms with E-state index in [9.17, 15) is 4.79 Å². The summed E-state index contributed by atoms with van der Waals surface area (Å²) in [7, 11) is 0. The first kappa shape index (κ1) is 21.9. The average Bonchev–Trinajstić information content (AvgIpc) is 2.50.